The molecule has 0 saturated carbocycles. The Bertz CT molecular complexity index is 1280. The molecule has 3 aromatic rings. The molecule has 0 aliphatic carbocycles. The summed E-state index contributed by atoms with van der Waals surface area (Å²) in [6.45, 7) is 0. The zero-order chi connectivity index (χ0) is 22.8. The maximum Gasteiger partial charge on any atom is 0.250 e. The molecule has 0 aliphatic heterocycles. The summed E-state index contributed by atoms with van der Waals surface area (Å²) in [4.78, 5) is 11.8. The second kappa shape index (κ2) is 8.81. The van der Waals surface area contributed by atoms with Crippen molar-refractivity contribution in [3.63, 3.8) is 0 Å². The van der Waals surface area contributed by atoms with E-state index in [1.165, 1.54) is 47.2 Å². The van der Waals surface area contributed by atoms with Gasteiger partial charge < -0.3 is 9.77 Å². The fourth-order valence-corrected chi connectivity index (χ4v) is 3.96. The fourth-order valence-electron chi connectivity index (χ4n) is 3.33. The van der Waals surface area contributed by atoms with Crippen molar-refractivity contribution in [2.45, 2.75) is 17.2 Å². The third kappa shape index (κ3) is 5.24. The van der Waals surface area contributed by atoms with Gasteiger partial charge in [-0.25, -0.2) is 17.2 Å². The van der Waals surface area contributed by atoms with Crippen LogP contribution in [0.5, 0.6) is 0 Å². The first-order valence-electron chi connectivity index (χ1n) is 9.22. The predicted octanol–water partition coefficient (Wildman–Crippen LogP) is 3.47. The second-order valence-corrected chi connectivity index (χ2v) is 9.23. The Kier molecular flexibility index (Phi) is 6.35. The Morgan fingerprint density at radius 2 is 1.65 bits per heavy atom. The van der Waals surface area contributed by atoms with Gasteiger partial charge in [0, 0.05) is 49.5 Å². The van der Waals surface area contributed by atoms with Gasteiger partial charge in [0.05, 0.1) is 10.6 Å². The monoisotopic (exact) mass is 446 g/mol. The molecule has 0 spiro atoms. The SMILES string of the molecule is Cn1cc(C(CC(c2ccc(S(C)(=O)=O)cc2)c2cc(F)cc(F)c2)=NO)ccc1=O. The molecule has 162 valence electrons. The lowest BCUT2D eigenvalue weighted by molar-refractivity contribution is 0.317. The van der Waals surface area contributed by atoms with Gasteiger partial charge in [-0.2, -0.15) is 0 Å². The minimum Gasteiger partial charge on any atom is -0.411 e. The average Bonchev–Trinajstić information content (AvgIpc) is 2.70. The van der Waals surface area contributed by atoms with E-state index in [-0.39, 0.29) is 28.2 Å². The quantitative estimate of drug-likeness (QED) is 0.357. The predicted molar refractivity (Wildman–Crippen MR) is 112 cm³/mol. The molecule has 0 bridgehead atoms. The van der Waals surface area contributed by atoms with Crippen LogP contribution in [0.1, 0.15) is 29.0 Å². The third-order valence-electron chi connectivity index (χ3n) is 4.94. The van der Waals surface area contributed by atoms with Gasteiger partial charge in [-0.3, -0.25) is 4.79 Å². The molecule has 1 unspecified atom stereocenters. The summed E-state index contributed by atoms with van der Waals surface area (Å²) in [5.41, 5.74) is 1.26. The van der Waals surface area contributed by atoms with Crippen molar-refractivity contribution in [1.82, 2.24) is 4.57 Å². The van der Waals surface area contributed by atoms with E-state index >= 15 is 0 Å². The van der Waals surface area contributed by atoms with Gasteiger partial charge in [0.1, 0.15) is 11.6 Å². The minimum atomic E-state index is -3.42. The van der Waals surface area contributed by atoms with Crippen LogP contribution in [0.25, 0.3) is 0 Å². The molecule has 3 rings (SSSR count). The number of aryl methyl sites for hydroxylation is 1. The highest BCUT2D eigenvalue weighted by Crippen LogP contribution is 2.31. The lowest BCUT2D eigenvalue weighted by atomic mass is 9.85. The lowest BCUT2D eigenvalue weighted by Gasteiger charge is -2.20. The van der Waals surface area contributed by atoms with Gasteiger partial charge in [0.25, 0.3) is 0 Å². The minimum absolute atomic E-state index is 0.0375. The van der Waals surface area contributed by atoms with E-state index in [9.17, 15) is 27.2 Å². The van der Waals surface area contributed by atoms with Gasteiger partial charge in [0.15, 0.2) is 9.84 Å². The van der Waals surface area contributed by atoms with E-state index in [0.717, 1.165) is 12.3 Å². The summed E-state index contributed by atoms with van der Waals surface area (Å²) in [7, 11) is -1.87. The van der Waals surface area contributed by atoms with E-state index < -0.39 is 27.4 Å². The molecule has 31 heavy (non-hydrogen) atoms. The van der Waals surface area contributed by atoms with E-state index in [2.05, 4.69) is 5.16 Å². The van der Waals surface area contributed by atoms with Crippen LogP contribution in [-0.4, -0.2) is 30.2 Å². The smallest absolute Gasteiger partial charge is 0.250 e. The van der Waals surface area contributed by atoms with Crippen LogP contribution in [-0.2, 0) is 16.9 Å². The van der Waals surface area contributed by atoms with Crippen LogP contribution >= 0.6 is 0 Å². The summed E-state index contributed by atoms with van der Waals surface area (Å²) < 4.78 is 52.7. The number of oxime groups is 1. The summed E-state index contributed by atoms with van der Waals surface area (Å²) in [6, 6.07) is 11.8. The first-order chi connectivity index (χ1) is 14.6. The number of pyridine rings is 1. The summed E-state index contributed by atoms with van der Waals surface area (Å²) in [6.07, 6.45) is 2.61. The summed E-state index contributed by atoms with van der Waals surface area (Å²) in [5.74, 6) is -2.18. The Balaban J connectivity index is 2.09. The lowest BCUT2D eigenvalue weighted by Crippen LogP contribution is -2.18. The molecular weight excluding hydrogens is 426 g/mol. The highest BCUT2D eigenvalue weighted by Gasteiger charge is 2.21. The number of rotatable bonds is 6. The normalized spacial score (nSPS) is 13.2. The Labute approximate surface area is 178 Å². The van der Waals surface area contributed by atoms with Crippen LogP contribution in [0, 0.1) is 11.6 Å². The molecule has 0 saturated heterocycles. The molecule has 0 radical (unpaired) electrons. The summed E-state index contributed by atoms with van der Waals surface area (Å²) >= 11 is 0. The standard InChI is InChI=1S/C22H20F2N2O4S/c1-26-13-15(5-8-22(26)27)21(25-28)12-20(16-9-17(23)11-18(24)10-16)14-3-6-19(7-4-14)31(2,29)30/h3-11,13,20,28H,12H2,1-2H3. The highest BCUT2D eigenvalue weighted by atomic mass is 32.2. The third-order valence-corrected chi connectivity index (χ3v) is 6.06. The van der Waals surface area contributed by atoms with E-state index in [0.29, 0.717) is 11.1 Å². The molecule has 0 fully saturated rings. The van der Waals surface area contributed by atoms with Crippen LogP contribution in [0.15, 0.2) is 75.6 Å². The molecule has 1 atom stereocenters. The average molecular weight is 446 g/mol. The van der Waals surface area contributed by atoms with E-state index in [1.54, 1.807) is 19.2 Å². The first-order valence-corrected chi connectivity index (χ1v) is 11.1. The highest BCUT2D eigenvalue weighted by molar-refractivity contribution is 7.90. The maximum absolute atomic E-state index is 13.9. The first kappa shape index (κ1) is 22.4. The Hall–Kier alpha value is -3.33. The van der Waals surface area contributed by atoms with E-state index in [4.69, 9.17) is 0 Å². The van der Waals surface area contributed by atoms with Crippen molar-refractivity contribution in [1.29, 1.82) is 0 Å². The Morgan fingerprint density at radius 3 is 2.16 bits per heavy atom. The van der Waals surface area contributed by atoms with Crippen molar-refractivity contribution >= 4 is 15.5 Å². The number of hydrogen-bond acceptors (Lipinski definition) is 5. The number of nitrogens with zero attached hydrogens (tertiary/aromatic N) is 2. The molecule has 9 heteroatoms. The van der Waals surface area contributed by atoms with Crippen LogP contribution < -0.4 is 5.56 Å². The number of aromatic nitrogens is 1. The number of sulfone groups is 1. The van der Waals surface area contributed by atoms with Crippen LogP contribution in [0.3, 0.4) is 0 Å². The largest absolute Gasteiger partial charge is 0.411 e. The molecule has 1 N–H and O–H groups in total. The zero-order valence-electron chi connectivity index (χ0n) is 16.8. The molecular formula is C22H20F2N2O4S. The number of hydrogen-bond donors (Lipinski definition) is 1. The molecule has 6 nitrogen and oxygen atoms in total. The summed E-state index contributed by atoms with van der Waals surface area (Å²) in [5, 5.41) is 13.0. The van der Waals surface area contributed by atoms with Crippen molar-refractivity contribution in [3.8, 4) is 0 Å². The van der Waals surface area contributed by atoms with Crippen molar-refractivity contribution < 1.29 is 22.4 Å². The number of halogens is 2. The van der Waals surface area contributed by atoms with Crippen molar-refractivity contribution in [2.75, 3.05) is 6.26 Å². The molecule has 1 aromatic heterocycles. The van der Waals surface area contributed by atoms with Gasteiger partial charge in [-0.1, -0.05) is 17.3 Å². The maximum atomic E-state index is 13.9. The van der Waals surface area contributed by atoms with Crippen LogP contribution in [0.4, 0.5) is 8.78 Å². The molecule has 0 aliphatic rings. The Morgan fingerprint density at radius 1 is 1.03 bits per heavy atom. The van der Waals surface area contributed by atoms with Gasteiger partial charge in [-0.05, 0) is 41.5 Å². The van der Waals surface area contributed by atoms with Crippen molar-refractivity contribution in [2.24, 2.45) is 12.2 Å². The van der Waals surface area contributed by atoms with Gasteiger partial charge >= 0.3 is 0 Å². The van der Waals surface area contributed by atoms with Crippen LogP contribution in [0.2, 0.25) is 0 Å². The van der Waals surface area contributed by atoms with Crippen molar-refractivity contribution in [3.05, 3.63) is 99.5 Å². The van der Waals surface area contributed by atoms with Gasteiger partial charge in [-0.15, -0.1) is 0 Å². The molecule has 2 aromatic carbocycles. The fraction of sp³-hybridized carbons (Fsp3) is 0.182. The number of benzene rings is 2. The molecule has 1 heterocycles. The zero-order valence-corrected chi connectivity index (χ0v) is 17.6. The topological polar surface area (TPSA) is 88.7 Å². The second-order valence-electron chi connectivity index (χ2n) is 7.21. The van der Waals surface area contributed by atoms with E-state index in [1.807, 2.05) is 0 Å². The molecule has 0 amide bonds. The van der Waals surface area contributed by atoms with Gasteiger partial charge in [0.2, 0.25) is 5.56 Å².